The molecule has 0 aliphatic heterocycles. The first-order chi connectivity index (χ1) is 14.7. The van der Waals surface area contributed by atoms with Gasteiger partial charge < -0.3 is 14.8 Å². The number of hydrogen-bond donors (Lipinski definition) is 2. The Morgan fingerprint density at radius 3 is 2.35 bits per heavy atom. The Morgan fingerprint density at radius 2 is 1.71 bits per heavy atom. The molecule has 0 aliphatic carbocycles. The topological polar surface area (TPSA) is 96.6 Å². The fourth-order valence-corrected chi connectivity index (χ4v) is 3.24. The molecule has 0 aliphatic rings. The molecule has 0 atom stereocenters. The van der Waals surface area contributed by atoms with E-state index in [1.165, 1.54) is 22.8 Å². The highest BCUT2D eigenvalue weighted by atomic mass is 35.5. The lowest BCUT2D eigenvalue weighted by atomic mass is 10.0. The first kappa shape index (κ1) is 22.0. The summed E-state index contributed by atoms with van der Waals surface area (Å²) in [5, 5.41) is 19.5. The van der Waals surface area contributed by atoms with Gasteiger partial charge >= 0.3 is 5.97 Å². The summed E-state index contributed by atoms with van der Waals surface area (Å²) >= 11 is 6.01. The Kier molecular flexibility index (Phi) is 6.67. The predicted molar refractivity (Wildman–Crippen MR) is 114 cm³/mol. The number of nitrogens with zero attached hydrogens (tertiary/aromatic N) is 1. The van der Waals surface area contributed by atoms with Crippen LogP contribution < -0.4 is 5.56 Å². The lowest BCUT2D eigenvalue weighted by Gasteiger charge is -2.12. The summed E-state index contributed by atoms with van der Waals surface area (Å²) in [5.74, 6) is -4.25. The standard InChI is InChI=1S/C23H17ClFNO5/c24-17-3-1-2-15(9-17)12-26-13-16(8-14-4-6-18(25)7-5-14)10-19(22(26)29)20(27)11-21(28)23(30)31/h1-7,9-11,13,27H,8,12H2,(H,30,31)/b20-11-. The van der Waals surface area contributed by atoms with Crippen LogP contribution in [0, 0.1) is 5.82 Å². The molecular weight excluding hydrogens is 425 g/mol. The molecule has 158 valence electrons. The van der Waals surface area contributed by atoms with Crippen LogP contribution in [0.4, 0.5) is 4.39 Å². The van der Waals surface area contributed by atoms with Gasteiger partial charge in [0.25, 0.3) is 11.3 Å². The van der Waals surface area contributed by atoms with Crippen molar-refractivity contribution < 1.29 is 24.2 Å². The van der Waals surface area contributed by atoms with E-state index in [9.17, 15) is 23.9 Å². The second-order valence-corrected chi connectivity index (χ2v) is 7.26. The van der Waals surface area contributed by atoms with Crippen LogP contribution >= 0.6 is 11.6 Å². The molecule has 8 heteroatoms. The van der Waals surface area contributed by atoms with Crippen LogP contribution in [0.5, 0.6) is 0 Å². The molecule has 3 aromatic rings. The second-order valence-electron chi connectivity index (χ2n) is 6.83. The zero-order chi connectivity index (χ0) is 22.5. The van der Waals surface area contributed by atoms with Gasteiger partial charge in [-0.1, -0.05) is 35.9 Å². The molecule has 0 fully saturated rings. The average molecular weight is 442 g/mol. The number of aliphatic carboxylic acids is 1. The highest BCUT2D eigenvalue weighted by Crippen LogP contribution is 2.16. The molecular formula is C23H17ClFNO5. The van der Waals surface area contributed by atoms with Gasteiger partial charge in [-0.05, 0) is 53.4 Å². The molecule has 0 unspecified atom stereocenters. The lowest BCUT2D eigenvalue weighted by molar-refractivity contribution is -0.146. The summed E-state index contributed by atoms with van der Waals surface area (Å²) in [6, 6.07) is 14.0. The van der Waals surface area contributed by atoms with E-state index in [0.717, 1.165) is 11.1 Å². The van der Waals surface area contributed by atoms with Crippen LogP contribution in [0.25, 0.3) is 5.76 Å². The Bertz CT molecular complexity index is 1230. The Labute approximate surface area is 181 Å². The van der Waals surface area contributed by atoms with Gasteiger partial charge in [-0.3, -0.25) is 9.59 Å². The van der Waals surface area contributed by atoms with Gasteiger partial charge in [0, 0.05) is 17.3 Å². The van der Waals surface area contributed by atoms with Crippen molar-refractivity contribution in [2.75, 3.05) is 0 Å². The smallest absolute Gasteiger partial charge is 0.376 e. The van der Waals surface area contributed by atoms with Crippen molar-refractivity contribution in [3.8, 4) is 0 Å². The third-order valence-electron chi connectivity index (χ3n) is 4.46. The molecule has 6 nitrogen and oxygen atoms in total. The molecule has 0 bridgehead atoms. The van der Waals surface area contributed by atoms with E-state index < -0.39 is 23.1 Å². The van der Waals surface area contributed by atoms with E-state index in [4.69, 9.17) is 16.7 Å². The van der Waals surface area contributed by atoms with Gasteiger partial charge in [-0.25, -0.2) is 9.18 Å². The van der Waals surface area contributed by atoms with Crippen LogP contribution in [-0.2, 0) is 22.6 Å². The van der Waals surface area contributed by atoms with Crippen molar-refractivity contribution in [3.05, 3.63) is 110 Å². The minimum Gasteiger partial charge on any atom is -0.507 e. The van der Waals surface area contributed by atoms with Crippen molar-refractivity contribution in [3.63, 3.8) is 0 Å². The van der Waals surface area contributed by atoms with E-state index in [1.807, 2.05) is 0 Å². The number of rotatable bonds is 7. The van der Waals surface area contributed by atoms with Gasteiger partial charge in [0.05, 0.1) is 12.1 Å². The molecule has 0 radical (unpaired) electrons. The third-order valence-corrected chi connectivity index (χ3v) is 4.70. The number of aromatic nitrogens is 1. The number of aliphatic hydroxyl groups is 1. The normalized spacial score (nSPS) is 11.4. The zero-order valence-corrected chi connectivity index (χ0v) is 16.8. The van der Waals surface area contributed by atoms with Crippen LogP contribution in [0.2, 0.25) is 5.02 Å². The van der Waals surface area contributed by atoms with Crippen molar-refractivity contribution >= 4 is 29.1 Å². The average Bonchev–Trinajstić information content (AvgIpc) is 2.71. The van der Waals surface area contributed by atoms with Crippen molar-refractivity contribution in [2.24, 2.45) is 0 Å². The molecule has 31 heavy (non-hydrogen) atoms. The summed E-state index contributed by atoms with van der Waals surface area (Å²) in [5.41, 5.74) is 1.23. The Balaban J connectivity index is 2.07. The fraction of sp³-hybridized carbons (Fsp3) is 0.0870. The van der Waals surface area contributed by atoms with Crippen molar-refractivity contribution in [1.29, 1.82) is 0 Å². The van der Waals surface area contributed by atoms with E-state index in [2.05, 4.69) is 0 Å². The predicted octanol–water partition coefficient (Wildman–Crippen LogP) is 3.83. The first-order valence-corrected chi connectivity index (χ1v) is 9.51. The maximum atomic E-state index is 13.2. The quantitative estimate of drug-likeness (QED) is 0.330. The Morgan fingerprint density at radius 1 is 1.00 bits per heavy atom. The van der Waals surface area contributed by atoms with E-state index in [1.54, 1.807) is 42.6 Å². The SMILES string of the molecule is O=C(O)C(=O)/C=C(\O)c1cc(Cc2ccc(F)cc2)cn(Cc2cccc(Cl)c2)c1=O. The van der Waals surface area contributed by atoms with Gasteiger partial charge in [0.15, 0.2) is 0 Å². The summed E-state index contributed by atoms with van der Waals surface area (Å²) in [6.45, 7) is 0.129. The number of carboxylic acids is 1. The molecule has 1 aromatic heterocycles. The van der Waals surface area contributed by atoms with E-state index >= 15 is 0 Å². The van der Waals surface area contributed by atoms with Crippen molar-refractivity contribution in [2.45, 2.75) is 13.0 Å². The summed E-state index contributed by atoms with van der Waals surface area (Å²) in [6.07, 6.45) is 2.39. The number of carbonyl (C=O) groups is 2. The number of aliphatic hydroxyl groups excluding tert-OH is 1. The van der Waals surface area contributed by atoms with E-state index in [0.29, 0.717) is 23.1 Å². The number of carboxylic acid groups (broad SMARTS) is 1. The van der Waals surface area contributed by atoms with Gasteiger partial charge in [-0.2, -0.15) is 0 Å². The molecule has 2 aromatic carbocycles. The van der Waals surface area contributed by atoms with E-state index in [-0.39, 0.29) is 17.9 Å². The molecule has 0 saturated heterocycles. The number of carbonyl (C=O) groups excluding carboxylic acids is 1. The minimum atomic E-state index is -1.76. The van der Waals surface area contributed by atoms with Crippen LogP contribution in [0.15, 0.2) is 71.7 Å². The number of pyridine rings is 1. The first-order valence-electron chi connectivity index (χ1n) is 9.13. The number of ketones is 1. The number of halogens is 2. The van der Waals surface area contributed by atoms with Crippen LogP contribution in [0.1, 0.15) is 22.3 Å². The molecule has 2 N–H and O–H groups in total. The molecule has 0 saturated carbocycles. The van der Waals surface area contributed by atoms with Crippen molar-refractivity contribution in [1.82, 2.24) is 4.57 Å². The second kappa shape index (κ2) is 9.40. The highest BCUT2D eigenvalue weighted by molar-refractivity contribution is 6.38. The fourth-order valence-electron chi connectivity index (χ4n) is 3.03. The zero-order valence-electron chi connectivity index (χ0n) is 16.1. The highest BCUT2D eigenvalue weighted by Gasteiger charge is 2.16. The number of hydrogen-bond acceptors (Lipinski definition) is 4. The van der Waals surface area contributed by atoms with Gasteiger partial charge in [0.2, 0.25) is 0 Å². The monoisotopic (exact) mass is 441 g/mol. The summed E-state index contributed by atoms with van der Waals surface area (Å²) < 4.78 is 14.5. The Hall–Kier alpha value is -3.71. The van der Waals surface area contributed by atoms with Crippen LogP contribution in [-0.4, -0.2) is 26.5 Å². The molecule has 0 amide bonds. The number of benzene rings is 2. The van der Waals surface area contributed by atoms with Gasteiger partial charge in [0.1, 0.15) is 11.6 Å². The van der Waals surface area contributed by atoms with Gasteiger partial charge in [-0.15, -0.1) is 0 Å². The maximum Gasteiger partial charge on any atom is 0.376 e. The largest absolute Gasteiger partial charge is 0.507 e. The third kappa shape index (κ3) is 5.67. The minimum absolute atomic E-state index is 0.129. The molecule has 3 rings (SSSR count). The summed E-state index contributed by atoms with van der Waals surface area (Å²) in [4.78, 5) is 35.2. The van der Waals surface area contributed by atoms with Crippen LogP contribution in [0.3, 0.4) is 0 Å². The maximum absolute atomic E-state index is 13.2. The summed E-state index contributed by atoms with van der Waals surface area (Å²) in [7, 11) is 0. The molecule has 0 spiro atoms. The molecule has 1 heterocycles. The lowest BCUT2D eigenvalue weighted by Crippen LogP contribution is -2.25.